The van der Waals surface area contributed by atoms with Crippen molar-refractivity contribution >= 4 is 11.7 Å². The molecule has 2 rings (SSSR count). The summed E-state index contributed by atoms with van der Waals surface area (Å²) in [6, 6.07) is 7.21. The molecule has 1 heterocycles. The van der Waals surface area contributed by atoms with Crippen molar-refractivity contribution in [1.29, 1.82) is 0 Å². The number of aryl methyl sites for hydroxylation is 2. The molecule has 2 aromatic rings. The van der Waals surface area contributed by atoms with E-state index in [9.17, 15) is 4.79 Å². The number of hydrogen-bond acceptors (Lipinski definition) is 4. The van der Waals surface area contributed by atoms with Gasteiger partial charge in [0.15, 0.2) is 0 Å². The molecule has 21 heavy (non-hydrogen) atoms. The molecular weight excluding hydrogens is 270 g/mol. The van der Waals surface area contributed by atoms with E-state index >= 15 is 0 Å². The van der Waals surface area contributed by atoms with Gasteiger partial charge in [0.25, 0.3) is 0 Å². The molecule has 0 spiro atoms. The number of anilines is 1. The van der Waals surface area contributed by atoms with E-state index in [1.807, 2.05) is 19.1 Å². The highest BCUT2D eigenvalue weighted by Gasteiger charge is 2.12. The van der Waals surface area contributed by atoms with E-state index < -0.39 is 0 Å². The van der Waals surface area contributed by atoms with Gasteiger partial charge in [-0.3, -0.25) is 9.48 Å². The molecule has 0 fully saturated rings. The first kappa shape index (κ1) is 14.9. The fourth-order valence-electron chi connectivity index (χ4n) is 2.09. The number of nitrogens with one attached hydrogen (secondary N) is 1. The van der Waals surface area contributed by atoms with Crippen LogP contribution in [0.3, 0.4) is 0 Å². The Labute approximate surface area is 123 Å². The first-order chi connectivity index (χ1) is 10.0. The second-order valence-electron chi connectivity index (χ2n) is 4.70. The van der Waals surface area contributed by atoms with Crippen LogP contribution in [0.15, 0.2) is 24.3 Å². The van der Waals surface area contributed by atoms with E-state index in [1.165, 1.54) is 0 Å². The van der Waals surface area contributed by atoms with Gasteiger partial charge in [-0.15, -0.1) is 0 Å². The number of benzene rings is 1. The van der Waals surface area contributed by atoms with Crippen LogP contribution in [0.4, 0.5) is 5.82 Å². The zero-order valence-electron chi connectivity index (χ0n) is 12.6. The molecule has 0 aliphatic heterocycles. The molecular formula is C15H19N3O3. The third-order valence-corrected chi connectivity index (χ3v) is 3.11. The molecule has 0 saturated heterocycles. The van der Waals surface area contributed by atoms with Gasteiger partial charge in [-0.1, -0.05) is 6.07 Å². The van der Waals surface area contributed by atoms with Gasteiger partial charge in [-0.05, 0) is 13.0 Å². The van der Waals surface area contributed by atoms with Crippen LogP contribution >= 0.6 is 0 Å². The molecule has 0 radical (unpaired) electrons. The summed E-state index contributed by atoms with van der Waals surface area (Å²) in [5.41, 5.74) is 1.66. The molecule has 0 bridgehead atoms. The number of amides is 1. The number of nitrogens with zero attached hydrogens (tertiary/aromatic N) is 2. The van der Waals surface area contributed by atoms with Crippen molar-refractivity contribution in [1.82, 2.24) is 9.78 Å². The number of ether oxygens (including phenoxy) is 2. The van der Waals surface area contributed by atoms with E-state index in [1.54, 1.807) is 38.1 Å². The van der Waals surface area contributed by atoms with Gasteiger partial charge in [0.2, 0.25) is 5.91 Å². The van der Waals surface area contributed by atoms with E-state index in [-0.39, 0.29) is 12.3 Å². The van der Waals surface area contributed by atoms with E-state index in [4.69, 9.17) is 9.47 Å². The van der Waals surface area contributed by atoms with Gasteiger partial charge in [0, 0.05) is 24.7 Å². The van der Waals surface area contributed by atoms with Crippen molar-refractivity contribution in [3.8, 4) is 11.5 Å². The Kier molecular flexibility index (Phi) is 4.47. The maximum Gasteiger partial charge on any atom is 0.230 e. The summed E-state index contributed by atoms with van der Waals surface area (Å²) in [6.07, 6.45) is 0.220. The van der Waals surface area contributed by atoms with Crippen LogP contribution in [0.25, 0.3) is 0 Å². The van der Waals surface area contributed by atoms with Crippen LogP contribution in [0, 0.1) is 6.92 Å². The average molecular weight is 289 g/mol. The molecule has 1 N–H and O–H groups in total. The molecule has 0 saturated carbocycles. The van der Waals surface area contributed by atoms with Crippen LogP contribution in [0.1, 0.15) is 11.3 Å². The Bertz CT molecular complexity index is 650. The lowest BCUT2D eigenvalue weighted by atomic mass is 10.1. The lowest BCUT2D eigenvalue weighted by molar-refractivity contribution is -0.115. The highest BCUT2D eigenvalue weighted by Crippen LogP contribution is 2.25. The van der Waals surface area contributed by atoms with Crippen LogP contribution < -0.4 is 14.8 Å². The second kappa shape index (κ2) is 6.30. The van der Waals surface area contributed by atoms with Crippen molar-refractivity contribution in [2.45, 2.75) is 13.3 Å². The minimum atomic E-state index is -0.124. The zero-order valence-corrected chi connectivity index (χ0v) is 12.6. The van der Waals surface area contributed by atoms with Crippen molar-refractivity contribution in [2.24, 2.45) is 7.05 Å². The molecule has 0 unspecified atom stereocenters. The third-order valence-electron chi connectivity index (χ3n) is 3.11. The number of hydrogen-bond donors (Lipinski definition) is 1. The molecule has 6 nitrogen and oxygen atoms in total. The Hall–Kier alpha value is -2.50. The molecule has 0 atom stereocenters. The van der Waals surface area contributed by atoms with E-state index in [2.05, 4.69) is 10.4 Å². The number of rotatable bonds is 5. The summed E-state index contributed by atoms with van der Waals surface area (Å²) in [5.74, 6) is 1.87. The minimum absolute atomic E-state index is 0.124. The molecule has 112 valence electrons. The summed E-state index contributed by atoms with van der Waals surface area (Å²) < 4.78 is 12.1. The van der Waals surface area contributed by atoms with Gasteiger partial charge < -0.3 is 14.8 Å². The predicted molar refractivity (Wildman–Crippen MR) is 79.8 cm³/mol. The van der Waals surface area contributed by atoms with Crippen molar-refractivity contribution < 1.29 is 14.3 Å². The number of methoxy groups -OCH3 is 2. The van der Waals surface area contributed by atoms with Gasteiger partial charge in [0.05, 0.1) is 26.3 Å². The Morgan fingerprint density at radius 2 is 2.05 bits per heavy atom. The van der Waals surface area contributed by atoms with Crippen molar-refractivity contribution in [3.05, 3.63) is 35.5 Å². The number of carbonyl (C=O) groups is 1. The monoisotopic (exact) mass is 289 g/mol. The summed E-state index contributed by atoms with van der Waals surface area (Å²) >= 11 is 0. The molecule has 1 aromatic carbocycles. The van der Waals surface area contributed by atoms with Gasteiger partial charge in [0.1, 0.15) is 17.3 Å². The summed E-state index contributed by atoms with van der Waals surface area (Å²) in [4.78, 5) is 12.1. The topological polar surface area (TPSA) is 65.4 Å². The Morgan fingerprint density at radius 3 is 2.62 bits per heavy atom. The quantitative estimate of drug-likeness (QED) is 0.913. The Balaban J connectivity index is 2.10. The maximum atomic E-state index is 12.1. The summed E-state index contributed by atoms with van der Waals surface area (Å²) in [6.45, 7) is 1.88. The van der Waals surface area contributed by atoms with Crippen molar-refractivity contribution in [3.63, 3.8) is 0 Å². The minimum Gasteiger partial charge on any atom is -0.497 e. The standard InChI is InChI=1S/C15H19N3O3/c1-10-7-14(18(2)17-10)16-15(19)8-11-5-6-12(20-3)9-13(11)21-4/h5-7,9H,8H2,1-4H3,(H,16,19). The van der Waals surface area contributed by atoms with Crippen LogP contribution in [0.5, 0.6) is 11.5 Å². The Morgan fingerprint density at radius 1 is 1.29 bits per heavy atom. The SMILES string of the molecule is COc1ccc(CC(=O)Nc2cc(C)nn2C)c(OC)c1. The lowest BCUT2D eigenvalue weighted by Crippen LogP contribution is -2.17. The van der Waals surface area contributed by atoms with Gasteiger partial charge in [-0.25, -0.2) is 0 Å². The van der Waals surface area contributed by atoms with Crippen LogP contribution in [-0.2, 0) is 18.3 Å². The molecule has 6 heteroatoms. The molecule has 0 aliphatic rings. The lowest BCUT2D eigenvalue weighted by Gasteiger charge is -2.10. The average Bonchev–Trinajstić information content (AvgIpc) is 2.77. The predicted octanol–water partition coefficient (Wildman–Crippen LogP) is 1.93. The number of aromatic nitrogens is 2. The largest absolute Gasteiger partial charge is 0.497 e. The van der Waals surface area contributed by atoms with Crippen LogP contribution in [0.2, 0.25) is 0 Å². The van der Waals surface area contributed by atoms with E-state index in [0.29, 0.717) is 17.3 Å². The van der Waals surface area contributed by atoms with Gasteiger partial charge >= 0.3 is 0 Å². The smallest absolute Gasteiger partial charge is 0.230 e. The normalized spacial score (nSPS) is 10.3. The fourth-order valence-corrected chi connectivity index (χ4v) is 2.09. The first-order valence-corrected chi connectivity index (χ1v) is 6.55. The molecule has 1 aromatic heterocycles. The summed E-state index contributed by atoms with van der Waals surface area (Å²) in [7, 11) is 4.95. The van der Waals surface area contributed by atoms with Gasteiger partial charge in [-0.2, -0.15) is 5.10 Å². The van der Waals surface area contributed by atoms with Crippen molar-refractivity contribution in [2.75, 3.05) is 19.5 Å². The highest BCUT2D eigenvalue weighted by atomic mass is 16.5. The summed E-state index contributed by atoms with van der Waals surface area (Å²) in [5, 5.41) is 7.02. The zero-order chi connectivity index (χ0) is 15.4. The fraction of sp³-hybridized carbons (Fsp3) is 0.333. The molecule has 0 aliphatic carbocycles. The van der Waals surface area contributed by atoms with Crippen LogP contribution in [-0.4, -0.2) is 29.9 Å². The number of carbonyl (C=O) groups excluding carboxylic acids is 1. The third kappa shape index (κ3) is 3.53. The highest BCUT2D eigenvalue weighted by molar-refractivity contribution is 5.92. The maximum absolute atomic E-state index is 12.1. The molecule has 1 amide bonds. The second-order valence-corrected chi connectivity index (χ2v) is 4.70. The first-order valence-electron chi connectivity index (χ1n) is 6.55. The van der Waals surface area contributed by atoms with E-state index in [0.717, 1.165) is 11.3 Å².